The van der Waals surface area contributed by atoms with Crippen molar-refractivity contribution in [1.29, 1.82) is 0 Å². The van der Waals surface area contributed by atoms with Gasteiger partial charge in [-0.05, 0) is 62.2 Å². The molecular formula is C21H27ClN4OS. The predicted octanol–water partition coefficient (Wildman–Crippen LogP) is 4.16. The van der Waals surface area contributed by atoms with Crippen molar-refractivity contribution >= 4 is 29.3 Å². The Hall–Kier alpha value is -1.63. The van der Waals surface area contributed by atoms with Crippen molar-refractivity contribution in [2.75, 3.05) is 19.3 Å². The van der Waals surface area contributed by atoms with Crippen LogP contribution in [0.4, 0.5) is 0 Å². The van der Waals surface area contributed by atoms with Crippen LogP contribution in [-0.4, -0.2) is 40.1 Å². The summed E-state index contributed by atoms with van der Waals surface area (Å²) < 4.78 is 0. The van der Waals surface area contributed by atoms with Gasteiger partial charge < -0.3 is 5.32 Å². The molecule has 1 aliphatic rings. The van der Waals surface area contributed by atoms with E-state index in [4.69, 9.17) is 11.6 Å². The highest BCUT2D eigenvalue weighted by atomic mass is 35.5. The molecule has 28 heavy (non-hydrogen) atoms. The van der Waals surface area contributed by atoms with Crippen LogP contribution in [0.2, 0.25) is 5.02 Å². The van der Waals surface area contributed by atoms with Gasteiger partial charge in [-0.2, -0.15) is 0 Å². The Morgan fingerprint density at radius 1 is 1.25 bits per heavy atom. The molecule has 0 atom stereocenters. The lowest BCUT2D eigenvalue weighted by molar-refractivity contribution is -0.121. The number of amides is 1. The fourth-order valence-electron chi connectivity index (χ4n) is 3.49. The predicted molar refractivity (Wildman–Crippen MR) is 114 cm³/mol. The Labute approximate surface area is 176 Å². The molecule has 0 saturated carbocycles. The van der Waals surface area contributed by atoms with Crippen LogP contribution in [0.25, 0.3) is 0 Å². The summed E-state index contributed by atoms with van der Waals surface area (Å²) >= 11 is 7.53. The minimum absolute atomic E-state index is 0.119. The van der Waals surface area contributed by atoms with Gasteiger partial charge in [-0.1, -0.05) is 35.5 Å². The lowest BCUT2D eigenvalue weighted by Crippen LogP contribution is -2.33. The summed E-state index contributed by atoms with van der Waals surface area (Å²) in [5, 5.41) is 4.51. The highest BCUT2D eigenvalue weighted by Crippen LogP contribution is 2.23. The molecule has 1 aromatic heterocycles. The van der Waals surface area contributed by atoms with Crippen molar-refractivity contribution < 1.29 is 4.79 Å². The average molecular weight is 419 g/mol. The number of hydrogen-bond acceptors (Lipinski definition) is 5. The Morgan fingerprint density at radius 3 is 2.68 bits per heavy atom. The second-order valence-corrected chi connectivity index (χ2v) is 8.45. The maximum Gasteiger partial charge on any atom is 0.220 e. The number of nitrogens with zero attached hydrogens (tertiary/aromatic N) is 3. The monoisotopic (exact) mass is 418 g/mol. The molecule has 5 nitrogen and oxygen atoms in total. The van der Waals surface area contributed by atoms with E-state index < -0.39 is 0 Å². The van der Waals surface area contributed by atoms with Crippen LogP contribution in [0.3, 0.4) is 0 Å². The average Bonchev–Trinajstić information content (AvgIpc) is 2.72. The van der Waals surface area contributed by atoms with E-state index in [1.807, 2.05) is 42.9 Å². The lowest BCUT2D eigenvalue weighted by atomic mass is 9.92. The number of hydrogen-bond donors (Lipinski definition) is 1. The van der Waals surface area contributed by atoms with E-state index in [-0.39, 0.29) is 5.91 Å². The molecule has 0 bridgehead atoms. The second-order valence-electron chi connectivity index (χ2n) is 7.24. The second kappa shape index (κ2) is 10.8. The summed E-state index contributed by atoms with van der Waals surface area (Å²) in [4.78, 5) is 23.3. The van der Waals surface area contributed by atoms with Gasteiger partial charge in [0.1, 0.15) is 0 Å². The third-order valence-electron chi connectivity index (χ3n) is 5.14. The topological polar surface area (TPSA) is 58.1 Å². The van der Waals surface area contributed by atoms with Gasteiger partial charge in [-0.3, -0.25) is 9.69 Å². The van der Waals surface area contributed by atoms with Crippen molar-refractivity contribution in [2.45, 2.75) is 43.9 Å². The first kappa shape index (κ1) is 21.1. The molecular weight excluding hydrogens is 392 g/mol. The first-order valence-corrected chi connectivity index (χ1v) is 11.3. The molecule has 1 aliphatic heterocycles. The van der Waals surface area contributed by atoms with E-state index >= 15 is 0 Å². The summed E-state index contributed by atoms with van der Waals surface area (Å²) in [6.07, 6.45) is 9.67. The maximum absolute atomic E-state index is 12.1. The number of benzene rings is 1. The van der Waals surface area contributed by atoms with Crippen molar-refractivity contribution in [3.8, 4) is 0 Å². The molecule has 2 heterocycles. The number of rotatable bonds is 8. The van der Waals surface area contributed by atoms with Crippen LogP contribution in [0.5, 0.6) is 0 Å². The first-order valence-electron chi connectivity index (χ1n) is 9.71. The number of nitrogens with one attached hydrogen (secondary N) is 1. The molecule has 0 radical (unpaired) electrons. The van der Waals surface area contributed by atoms with Gasteiger partial charge >= 0.3 is 0 Å². The van der Waals surface area contributed by atoms with Crippen LogP contribution in [0.1, 0.15) is 36.8 Å². The number of halogens is 1. The van der Waals surface area contributed by atoms with Gasteiger partial charge in [0.25, 0.3) is 0 Å². The molecule has 7 heteroatoms. The molecule has 1 aromatic carbocycles. The fraction of sp³-hybridized carbons (Fsp3) is 0.476. The molecule has 1 N–H and O–H groups in total. The molecule has 0 aliphatic carbocycles. The minimum atomic E-state index is 0.119. The first-order chi connectivity index (χ1) is 13.6. The molecule has 3 rings (SSSR count). The number of thioether (sulfide) groups is 1. The van der Waals surface area contributed by atoms with E-state index in [0.717, 1.165) is 55.2 Å². The summed E-state index contributed by atoms with van der Waals surface area (Å²) in [5.74, 6) is 0.747. The highest BCUT2D eigenvalue weighted by Gasteiger charge is 2.20. The Balaban J connectivity index is 1.33. The zero-order valence-electron chi connectivity index (χ0n) is 16.2. The third kappa shape index (κ3) is 6.76. The number of carbonyl (C=O) groups excluding carboxylic acids is 1. The fourth-order valence-corrected chi connectivity index (χ4v) is 4.02. The van der Waals surface area contributed by atoms with Crippen molar-refractivity contribution in [3.63, 3.8) is 0 Å². The number of likely N-dealkylation sites (tertiary alicyclic amines) is 1. The Kier molecular flexibility index (Phi) is 8.13. The van der Waals surface area contributed by atoms with E-state index in [1.165, 1.54) is 0 Å². The Bertz CT molecular complexity index is 763. The van der Waals surface area contributed by atoms with E-state index in [9.17, 15) is 4.79 Å². The standard InChI is InChI=1S/C21H27ClN4OS/c1-28-21-24-13-18(14-25-21)15-26-9-7-16(8-10-26)5-6-20(27)23-12-17-3-2-4-19(22)11-17/h2-4,11,13-14,16H,5-10,12,15H2,1H3,(H,23,27). The van der Waals surface area contributed by atoms with Gasteiger partial charge in [0.15, 0.2) is 5.16 Å². The van der Waals surface area contributed by atoms with Crippen LogP contribution in [0, 0.1) is 5.92 Å². The molecule has 1 saturated heterocycles. The summed E-state index contributed by atoms with van der Waals surface area (Å²) in [6.45, 7) is 3.58. The smallest absolute Gasteiger partial charge is 0.220 e. The lowest BCUT2D eigenvalue weighted by Gasteiger charge is -2.31. The van der Waals surface area contributed by atoms with Gasteiger partial charge in [0.2, 0.25) is 5.91 Å². The van der Waals surface area contributed by atoms with Crippen molar-refractivity contribution in [2.24, 2.45) is 5.92 Å². The summed E-state index contributed by atoms with van der Waals surface area (Å²) in [7, 11) is 0. The zero-order chi connectivity index (χ0) is 19.8. The van der Waals surface area contributed by atoms with E-state index in [1.54, 1.807) is 11.8 Å². The number of aromatic nitrogens is 2. The van der Waals surface area contributed by atoms with Crippen molar-refractivity contribution in [1.82, 2.24) is 20.2 Å². The molecule has 2 aromatic rings. The summed E-state index contributed by atoms with van der Waals surface area (Å²) in [6, 6.07) is 7.60. The van der Waals surface area contributed by atoms with Gasteiger partial charge in [0, 0.05) is 42.5 Å². The van der Waals surface area contributed by atoms with E-state index in [0.29, 0.717) is 23.9 Å². The van der Waals surface area contributed by atoms with Crippen LogP contribution in [0.15, 0.2) is 41.8 Å². The molecule has 0 spiro atoms. The molecule has 0 unspecified atom stereocenters. The Morgan fingerprint density at radius 2 is 2.00 bits per heavy atom. The normalized spacial score (nSPS) is 15.5. The van der Waals surface area contributed by atoms with Gasteiger partial charge in [0.05, 0.1) is 0 Å². The summed E-state index contributed by atoms with van der Waals surface area (Å²) in [5.41, 5.74) is 2.19. The van der Waals surface area contributed by atoms with Crippen molar-refractivity contribution in [3.05, 3.63) is 52.8 Å². The van der Waals surface area contributed by atoms with Crippen LogP contribution >= 0.6 is 23.4 Å². The minimum Gasteiger partial charge on any atom is -0.352 e. The maximum atomic E-state index is 12.1. The quantitative estimate of drug-likeness (QED) is 0.515. The molecule has 1 fully saturated rings. The van der Waals surface area contributed by atoms with E-state index in [2.05, 4.69) is 20.2 Å². The third-order valence-corrected chi connectivity index (χ3v) is 5.95. The highest BCUT2D eigenvalue weighted by molar-refractivity contribution is 7.98. The van der Waals surface area contributed by atoms with Crippen LogP contribution in [-0.2, 0) is 17.9 Å². The van der Waals surface area contributed by atoms with Crippen LogP contribution < -0.4 is 5.32 Å². The molecule has 150 valence electrons. The largest absolute Gasteiger partial charge is 0.352 e. The van der Waals surface area contributed by atoms with Gasteiger partial charge in [-0.15, -0.1) is 0 Å². The number of piperidine rings is 1. The molecule has 1 amide bonds. The number of carbonyl (C=O) groups is 1. The van der Waals surface area contributed by atoms with Gasteiger partial charge in [-0.25, -0.2) is 9.97 Å². The zero-order valence-corrected chi connectivity index (χ0v) is 17.8. The SMILES string of the molecule is CSc1ncc(CN2CCC(CCC(=O)NCc3cccc(Cl)c3)CC2)cn1.